The molecule has 2 aliphatic heterocycles. The Morgan fingerprint density at radius 1 is 1.42 bits per heavy atom. The van der Waals surface area contributed by atoms with Gasteiger partial charge in [-0.2, -0.15) is 0 Å². The van der Waals surface area contributed by atoms with Crippen LogP contribution in [0.2, 0.25) is 0 Å². The van der Waals surface area contributed by atoms with Crippen LogP contribution in [0.25, 0.3) is 0 Å². The van der Waals surface area contributed by atoms with Crippen LogP contribution in [0.5, 0.6) is 0 Å². The summed E-state index contributed by atoms with van der Waals surface area (Å²) >= 11 is 5.17. The average molecular weight is 436 g/mol. The highest BCUT2D eigenvalue weighted by molar-refractivity contribution is 9.10. The molecular weight excluding hydrogens is 414 g/mol. The highest BCUT2D eigenvalue weighted by atomic mass is 79.9. The molecule has 7 heteroatoms. The lowest BCUT2D eigenvalue weighted by atomic mass is 9.94. The van der Waals surface area contributed by atoms with E-state index in [-0.39, 0.29) is 22.5 Å². The number of nitrogens with zero attached hydrogens (tertiary/aromatic N) is 2. The normalized spacial score (nSPS) is 24.8. The van der Waals surface area contributed by atoms with Gasteiger partial charge in [-0.05, 0) is 51.3 Å². The molecule has 0 radical (unpaired) electrons. The summed E-state index contributed by atoms with van der Waals surface area (Å²) in [6.45, 7) is 6.90. The standard InChI is InChI=1S/C19H22BrN3O2S/c1-11-21-17-15(16(26-11)12-5-4-6-13(20)9-12)18(24)22-23(17)14-7-8-25-19(2,3)10-14/h4-6,9,14,16H,7-8,10H2,1-3H3,(H,22,24)/t14-,16-/m1/s1. The highest BCUT2D eigenvalue weighted by Gasteiger charge is 2.35. The van der Waals surface area contributed by atoms with E-state index in [1.165, 1.54) is 0 Å². The van der Waals surface area contributed by atoms with Gasteiger partial charge in [0.1, 0.15) is 0 Å². The number of thioether (sulfide) groups is 1. The number of nitrogens with one attached hydrogen (secondary N) is 1. The second-order valence-corrected chi connectivity index (χ2v) is 9.70. The van der Waals surface area contributed by atoms with Gasteiger partial charge in [-0.3, -0.25) is 14.6 Å². The Morgan fingerprint density at radius 3 is 2.96 bits per heavy atom. The van der Waals surface area contributed by atoms with Crippen LogP contribution < -0.4 is 5.56 Å². The van der Waals surface area contributed by atoms with Crippen molar-refractivity contribution in [3.63, 3.8) is 0 Å². The monoisotopic (exact) mass is 435 g/mol. The quantitative estimate of drug-likeness (QED) is 0.725. The van der Waals surface area contributed by atoms with Gasteiger partial charge in [-0.15, -0.1) is 0 Å². The van der Waals surface area contributed by atoms with Crippen LogP contribution in [-0.2, 0) is 4.74 Å². The van der Waals surface area contributed by atoms with Crippen molar-refractivity contribution in [1.82, 2.24) is 9.78 Å². The predicted molar refractivity (Wildman–Crippen MR) is 110 cm³/mol. The summed E-state index contributed by atoms with van der Waals surface area (Å²) in [6, 6.07) is 8.34. The summed E-state index contributed by atoms with van der Waals surface area (Å²) in [5.41, 5.74) is 1.62. The molecule has 0 unspecified atom stereocenters. The molecule has 0 saturated carbocycles. The fourth-order valence-electron chi connectivity index (χ4n) is 3.80. The van der Waals surface area contributed by atoms with E-state index in [2.05, 4.69) is 47.0 Å². The van der Waals surface area contributed by atoms with E-state index < -0.39 is 0 Å². The molecule has 1 aromatic carbocycles. The van der Waals surface area contributed by atoms with Crippen molar-refractivity contribution >= 4 is 38.6 Å². The molecule has 2 aliphatic rings. The Kier molecular flexibility index (Phi) is 4.65. The molecule has 5 nitrogen and oxygen atoms in total. The molecule has 138 valence electrons. The number of hydrogen-bond donors (Lipinski definition) is 1. The fraction of sp³-hybridized carbons (Fsp3) is 0.474. The van der Waals surface area contributed by atoms with Crippen LogP contribution in [0.15, 0.2) is 38.5 Å². The predicted octanol–water partition coefficient (Wildman–Crippen LogP) is 4.96. The number of ether oxygens (including phenoxy) is 1. The zero-order valence-corrected chi connectivity index (χ0v) is 17.5. The van der Waals surface area contributed by atoms with E-state index in [4.69, 9.17) is 9.73 Å². The molecule has 1 saturated heterocycles. The molecule has 1 N–H and O–H groups in total. The first-order chi connectivity index (χ1) is 12.3. The number of fused-ring (bicyclic) bond motifs is 1. The molecule has 3 heterocycles. The zero-order valence-electron chi connectivity index (χ0n) is 15.1. The van der Waals surface area contributed by atoms with Gasteiger partial charge >= 0.3 is 0 Å². The second-order valence-electron chi connectivity index (χ2n) is 7.49. The third-order valence-corrected chi connectivity index (χ3v) is 6.61. The summed E-state index contributed by atoms with van der Waals surface area (Å²) < 4.78 is 8.84. The van der Waals surface area contributed by atoms with Crippen molar-refractivity contribution in [1.29, 1.82) is 0 Å². The van der Waals surface area contributed by atoms with Crippen LogP contribution in [0.4, 0.5) is 5.82 Å². The Hall–Kier alpha value is -1.31. The Morgan fingerprint density at radius 2 is 2.23 bits per heavy atom. The van der Waals surface area contributed by atoms with Crippen molar-refractivity contribution in [3.8, 4) is 0 Å². The molecule has 0 spiro atoms. The fourth-order valence-corrected chi connectivity index (χ4v) is 5.31. The largest absolute Gasteiger partial charge is 0.375 e. The smallest absolute Gasteiger partial charge is 0.271 e. The molecule has 26 heavy (non-hydrogen) atoms. The summed E-state index contributed by atoms with van der Waals surface area (Å²) in [7, 11) is 0. The first-order valence-corrected chi connectivity index (χ1v) is 10.5. The molecular formula is C19H22BrN3O2S. The molecule has 0 amide bonds. The number of aliphatic imine (C=N–C) groups is 1. The van der Waals surface area contributed by atoms with Gasteiger partial charge < -0.3 is 4.74 Å². The van der Waals surface area contributed by atoms with Gasteiger partial charge in [0, 0.05) is 11.1 Å². The molecule has 1 aromatic heterocycles. The average Bonchev–Trinajstić information content (AvgIpc) is 2.90. The second kappa shape index (κ2) is 6.69. The van der Waals surface area contributed by atoms with Gasteiger partial charge in [0.05, 0.1) is 27.5 Å². The SMILES string of the molecule is CC1=Nc2c(c(=O)[nH]n2[C@@H]2CCOC(C)(C)C2)[C@@H](c2cccc(Br)c2)S1. The van der Waals surface area contributed by atoms with Crippen LogP contribution in [-0.4, -0.2) is 27.0 Å². The maximum absolute atomic E-state index is 12.9. The van der Waals surface area contributed by atoms with Gasteiger partial charge in [-0.1, -0.05) is 39.8 Å². The maximum Gasteiger partial charge on any atom is 0.271 e. The molecule has 0 bridgehead atoms. The van der Waals surface area contributed by atoms with Crippen LogP contribution >= 0.6 is 27.7 Å². The van der Waals surface area contributed by atoms with Crippen LogP contribution in [0.3, 0.4) is 0 Å². The van der Waals surface area contributed by atoms with E-state index in [1.54, 1.807) is 11.8 Å². The summed E-state index contributed by atoms with van der Waals surface area (Å²) in [5.74, 6) is 0.777. The van der Waals surface area contributed by atoms with E-state index >= 15 is 0 Å². The first-order valence-electron chi connectivity index (χ1n) is 8.80. The lowest BCUT2D eigenvalue weighted by molar-refractivity contribution is -0.0705. The third kappa shape index (κ3) is 3.32. The topological polar surface area (TPSA) is 59.4 Å². The van der Waals surface area contributed by atoms with Crippen molar-refractivity contribution in [2.24, 2.45) is 4.99 Å². The van der Waals surface area contributed by atoms with Crippen LogP contribution in [0.1, 0.15) is 56.0 Å². The van der Waals surface area contributed by atoms with Crippen molar-refractivity contribution in [2.75, 3.05) is 6.61 Å². The number of H-pyrrole nitrogens is 1. The van der Waals surface area contributed by atoms with E-state index in [0.717, 1.165) is 39.3 Å². The van der Waals surface area contributed by atoms with Gasteiger partial charge in [0.2, 0.25) is 0 Å². The summed E-state index contributed by atoms with van der Waals surface area (Å²) in [5, 5.41) is 4.00. The Labute approximate surface area is 165 Å². The first kappa shape index (κ1) is 18.1. The molecule has 2 atom stereocenters. The van der Waals surface area contributed by atoms with Gasteiger partial charge in [-0.25, -0.2) is 4.99 Å². The number of hydrogen-bond acceptors (Lipinski definition) is 4. The minimum absolute atomic E-state index is 0.0435. The van der Waals surface area contributed by atoms with E-state index in [1.807, 2.05) is 23.7 Å². The molecule has 2 aromatic rings. The minimum atomic E-state index is -0.192. The maximum atomic E-state index is 12.9. The number of aromatic nitrogens is 2. The third-order valence-electron chi connectivity index (χ3n) is 4.94. The van der Waals surface area contributed by atoms with E-state index in [0.29, 0.717) is 6.61 Å². The lowest BCUT2D eigenvalue weighted by Crippen LogP contribution is -2.35. The molecule has 1 fully saturated rings. The number of rotatable bonds is 2. The lowest BCUT2D eigenvalue weighted by Gasteiger charge is -2.36. The molecule has 0 aliphatic carbocycles. The van der Waals surface area contributed by atoms with Gasteiger partial charge in [0.15, 0.2) is 5.82 Å². The number of halogens is 1. The highest BCUT2D eigenvalue weighted by Crippen LogP contribution is 2.45. The Bertz CT molecular complexity index is 931. The van der Waals surface area contributed by atoms with Crippen molar-refractivity contribution in [2.45, 2.75) is 50.5 Å². The minimum Gasteiger partial charge on any atom is -0.375 e. The Balaban J connectivity index is 1.80. The van der Waals surface area contributed by atoms with Crippen molar-refractivity contribution in [3.05, 3.63) is 50.2 Å². The summed E-state index contributed by atoms with van der Waals surface area (Å²) in [4.78, 5) is 17.6. The number of benzene rings is 1. The van der Waals surface area contributed by atoms with Crippen molar-refractivity contribution < 1.29 is 4.74 Å². The van der Waals surface area contributed by atoms with E-state index in [9.17, 15) is 4.79 Å². The zero-order chi connectivity index (χ0) is 18.5. The number of aromatic amines is 1. The summed E-state index contributed by atoms with van der Waals surface area (Å²) in [6.07, 6.45) is 1.73. The van der Waals surface area contributed by atoms with Gasteiger partial charge in [0.25, 0.3) is 5.56 Å². The molecule has 4 rings (SSSR count). The van der Waals surface area contributed by atoms with Crippen LogP contribution in [0, 0.1) is 0 Å².